The van der Waals surface area contributed by atoms with E-state index in [0.717, 1.165) is 0 Å². The lowest BCUT2D eigenvalue weighted by Gasteiger charge is -2.38. The second-order valence-electron chi connectivity index (χ2n) is 7.94. The first-order valence-electron chi connectivity index (χ1n) is 8.06. The lowest BCUT2D eigenvalue weighted by atomic mass is 9.82. The smallest absolute Gasteiger partial charge is 0.0125 e. The molecule has 108 valence electrons. The average Bonchev–Trinajstić information content (AvgIpc) is 2.22. The normalized spacial score (nSPS) is 25.2. The molecule has 1 heteroatoms. The van der Waals surface area contributed by atoms with E-state index in [1.807, 2.05) is 0 Å². The number of rotatable bonds is 0. The highest BCUT2D eigenvalue weighted by Gasteiger charge is 2.24. The van der Waals surface area contributed by atoms with E-state index in [9.17, 15) is 0 Å². The van der Waals surface area contributed by atoms with Gasteiger partial charge in [-0.15, -0.1) is 0 Å². The molecule has 0 spiro atoms. The molecule has 1 aliphatic rings. The standard InChI is InChI=1S/C17H35N/c1-16(2,3)18-14-11-9-7-6-8-10-12-17(4,5)13-15-18/h6-15H2,1-5H3. The van der Waals surface area contributed by atoms with Gasteiger partial charge in [-0.25, -0.2) is 0 Å². The van der Waals surface area contributed by atoms with Crippen molar-refractivity contribution in [1.29, 1.82) is 0 Å². The Balaban J connectivity index is 2.58. The molecular formula is C17H35N. The van der Waals surface area contributed by atoms with Gasteiger partial charge in [0.1, 0.15) is 0 Å². The summed E-state index contributed by atoms with van der Waals surface area (Å²) in [6.07, 6.45) is 11.3. The van der Waals surface area contributed by atoms with Crippen molar-refractivity contribution in [2.24, 2.45) is 5.41 Å². The van der Waals surface area contributed by atoms with Crippen LogP contribution in [0.3, 0.4) is 0 Å². The predicted octanol–water partition coefficient (Wildman–Crippen LogP) is 5.25. The summed E-state index contributed by atoms with van der Waals surface area (Å²) in [6.45, 7) is 14.6. The lowest BCUT2D eigenvalue weighted by molar-refractivity contribution is 0.108. The lowest BCUT2D eigenvalue weighted by Crippen LogP contribution is -2.43. The molecule has 0 aromatic rings. The number of nitrogens with zero attached hydrogens (tertiary/aromatic N) is 1. The third-order valence-corrected chi connectivity index (χ3v) is 4.54. The predicted molar refractivity (Wildman–Crippen MR) is 82.0 cm³/mol. The summed E-state index contributed by atoms with van der Waals surface area (Å²) in [5, 5.41) is 0. The monoisotopic (exact) mass is 253 g/mol. The molecule has 1 aliphatic heterocycles. The van der Waals surface area contributed by atoms with Crippen molar-refractivity contribution in [3.63, 3.8) is 0 Å². The number of hydrogen-bond donors (Lipinski definition) is 0. The van der Waals surface area contributed by atoms with Gasteiger partial charge in [-0.2, -0.15) is 0 Å². The third kappa shape index (κ3) is 6.22. The second-order valence-corrected chi connectivity index (χ2v) is 7.94. The molecule has 0 N–H and O–H groups in total. The molecule has 0 radical (unpaired) electrons. The topological polar surface area (TPSA) is 3.24 Å². The van der Waals surface area contributed by atoms with Crippen LogP contribution in [0.25, 0.3) is 0 Å². The van der Waals surface area contributed by atoms with Gasteiger partial charge in [0.25, 0.3) is 0 Å². The molecule has 1 saturated heterocycles. The Morgan fingerprint density at radius 2 is 1.28 bits per heavy atom. The molecule has 18 heavy (non-hydrogen) atoms. The van der Waals surface area contributed by atoms with E-state index >= 15 is 0 Å². The van der Waals surface area contributed by atoms with Crippen molar-refractivity contribution in [2.75, 3.05) is 13.1 Å². The van der Waals surface area contributed by atoms with Gasteiger partial charge in [0, 0.05) is 5.54 Å². The summed E-state index contributed by atoms with van der Waals surface area (Å²) in [6, 6.07) is 0. The minimum absolute atomic E-state index is 0.334. The molecule has 1 fully saturated rings. The van der Waals surface area contributed by atoms with Crippen LogP contribution < -0.4 is 0 Å². The Morgan fingerprint density at radius 3 is 1.89 bits per heavy atom. The van der Waals surface area contributed by atoms with Gasteiger partial charge < -0.3 is 0 Å². The van der Waals surface area contributed by atoms with Crippen LogP contribution in [0, 0.1) is 5.41 Å². The van der Waals surface area contributed by atoms with E-state index in [2.05, 4.69) is 39.5 Å². The highest BCUT2D eigenvalue weighted by molar-refractivity contribution is 4.79. The Kier molecular flexibility index (Phi) is 6.17. The summed E-state index contributed by atoms with van der Waals surface area (Å²) in [7, 11) is 0. The molecule has 0 bridgehead atoms. The summed E-state index contributed by atoms with van der Waals surface area (Å²) < 4.78 is 0. The van der Waals surface area contributed by atoms with Crippen LogP contribution in [-0.2, 0) is 0 Å². The van der Waals surface area contributed by atoms with Gasteiger partial charge in [-0.1, -0.05) is 46.0 Å². The molecule has 1 heterocycles. The highest BCUT2D eigenvalue weighted by atomic mass is 15.2. The van der Waals surface area contributed by atoms with E-state index < -0.39 is 0 Å². The van der Waals surface area contributed by atoms with Crippen LogP contribution in [0.2, 0.25) is 0 Å². The maximum atomic E-state index is 2.70. The molecule has 0 aromatic carbocycles. The van der Waals surface area contributed by atoms with E-state index in [0.29, 0.717) is 11.0 Å². The van der Waals surface area contributed by atoms with Gasteiger partial charge in [-0.05, 0) is 58.5 Å². The second kappa shape index (κ2) is 6.93. The van der Waals surface area contributed by atoms with Gasteiger partial charge in [0.2, 0.25) is 0 Å². The maximum Gasteiger partial charge on any atom is 0.0125 e. The van der Waals surface area contributed by atoms with Crippen LogP contribution in [0.1, 0.15) is 86.0 Å². The Hall–Kier alpha value is -0.0400. The zero-order chi connectivity index (χ0) is 13.6. The van der Waals surface area contributed by atoms with Crippen LogP contribution in [0.4, 0.5) is 0 Å². The Morgan fingerprint density at radius 1 is 0.722 bits per heavy atom. The quantitative estimate of drug-likeness (QED) is 0.570. The molecule has 1 nitrogen and oxygen atoms in total. The van der Waals surface area contributed by atoms with Crippen LogP contribution in [-0.4, -0.2) is 23.5 Å². The Labute approximate surface area is 115 Å². The minimum atomic E-state index is 0.334. The highest BCUT2D eigenvalue weighted by Crippen LogP contribution is 2.30. The fourth-order valence-electron chi connectivity index (χ4n) is 2.96. The van der Waals surface area contributed by atoms with Crippen molar-refractivity contribution < 1.29 is 0 Å². The van der Waals surface area contributed by atoms with Crippen molar-refractivity contribution in [3.8, 4) is 0 Å². The molecule has 0 amide bonds. The fraction of sp³-hybridized carbons (Fsp3) is 1.00. The zero-order valence-electron chi connectivity index (χ0n) is 13.5. The summed E-state index contributed by atoms with van der Waals surface area (Å²) >= 11 is 0. The first kappa shape index (κ1) is 16.0. The third-order valence-electron chi connectivity index (χ3n) is 4.54. The van der Waals surface area contributed by atoms with E-state index in [-0.39, 0.29) is 0 Å². The first-order chi connectivity index (χ1) is 8.31. The van der Waals surface area contributed by atoms with Gasteiger partial charge in [0.15, 0.2) is 0 Å². The first-order valence-corrected chi connectivity index (χ1v) is 8.06. The summed E-state index contributed by atoms with van der Waals surface area (Å²) in [4.78, 5) is 2.70. The van der Waals surface area contributed by atoms with E-state index in [4.69, 9.17) is 0 Å². The van der Waals surface area contributed by atoms with Crippen molar-refractivity contribution in [3.05, 3.63) is 0 Å². The van der Waals surface area contributed by atoms with E-state index in [1.165, 1.54) is 64.5 Å². The van der Waals surface area contributed by atoms with Gasteiger partial charge in [-0.3, -0.25) is 4.90 Å². The van der Waals surface area contributed by atoms with Gasteiger partial charge >= 0.3 is 0 Å². The fourth-order valence-corrected chi connectivity index (χ4v) is 2.96. The molecule has 0 saturated carbocycles. The van der Waals surface area contributed by atoms with Crippen LogP contribution >= 0.6 is 0 Å². The zero-order valence-corrected chi connectivity index (χ0v) is 13.5. The largest absolute Gasteiger partial charge is 0.298 e. The summed E-state index contributed by atoms with van der Waals surface area (Å²) in [5.41, 5.74) is 0.864. The van der Waals surface area contributed by atoms with Crippen LogP contribution in [0.15, 0.2) is 0 Å². The van der Waals surface area contributed by atoms with Gasteiger partial charge in [0.05, 0.1) is 0 Å². The van der Waals surface area contributed by atoms with Crippen molar-refractivity contribution >= 4 is 0 Å². The SMILES string of the molecule is CC1(C)CCCCCCCCN(C(C)(C)C)CC1. The van der Waals surface area contributed by atoms with Crippen LogP contribution in [0.5, 0.6) is 0 Å². The molecule has 1 rings (SSSR count). The molecule has 0 atom stereocenters. The maximum absolute atomic E-state index is 2.70. The molecule has 0 unspecified atom stereocenters. The van der Waals surface area contributed by atoms with Crippen molar-refractivity contribution in [2.45, 2.75) is 91.5 Å². The summed E-state index contributed by atoms with van der Waals surface area (Å²) in [5.74, 6) is 0. The molecule has 0 aromatic heterocycles. The molecular weight excluding hydrogens is 218 g/mol. The van der Waals surface area contributed by atoms with Crippen molar-refractivity contribution in [1.82, 2.24) is 4.90 Å². The van der Waals surface area contributed by atoms with E-state index in [1.54, 1.807) is 0 Å². The minimum Gasteiger partial charge on any atom is -0.298 e. The average molecular weight is 253 g/mol. The number of hydrogen-bond acceptors (Lipinski definition) is 1. The molecule has 0 aliphatic carbocycles. The Bertz CT molecular complexity index is 224.